The molecule has 0 spiro atoms. The molecule has 3 heteroatoms. The van der Waals surface area contributed by atoms with Crippen LogP contribution in [0.3, 0.4) is 0 Å². The van der Waals surface area contributed by atoms with Crippen molar-refractivity contribution in [3.8, 4) is 0 Å². The van der Waals surface area contributed by atoms with Gasteiger partial charge in [0, 0.05) is 26.8 Å². The van der Waals surface area contributed by atoms with Gasteiger partial charge in [-0.25, -0.2) is 0 Å². The van der Waals surface area contributed by atoms with Gasteiger partial charge in [0.1, 0.15) is 0 Å². The summed E-state index contributed by atoms with van der Waals surface area (Å²) in [6.07, 6.45) is 2.88. The number of hydrogen-bond donors (Lipinski definition) is 1. The Morgan fingerprint density at radius 1 is 1.64 bits per heavy atom. The van der Waals surface area contributed by atoms with E-state index in [-0.39, 0.29) is 0 Å². The van der Waals surface area contributed by atoms with Gasteiger partial charge in [-0.3, -0.25) is 0 Å². The lowest BCUT2D eigenvalue weighted by molar-refractivity contribution is 0.107. The van der Waals surface area contributed by atoms with E-state index < -0.39 is 0 Å². The van der Waals surface area contributed by atoms with Crippen LogP contribution in [-0.2, 0) is 9.47 Å². The summed E-state index contributed by atoms with van der Waals surface area (Å²) in [4.78, 5) is 0. The number of ether oxygens (including phenoxy) is 2. The van der Waals surface area contributed by atoms with Gasteiger partial charge >= 0.3 is 0 Å². The fourth-order valence-electron chi connectivity index (χ4n) is 1.24. The molecule has 1 aliphatic rings. The molecule has 1 fully saturated rings. The van der Waals surface area contributed by atoms with E-state index in [1.165, 1.54) is 12.8 Å². The van der Waals surface area contributed by atoms with E-state index in [2.05, 4.69) is 5.32 Å². The Morgan fingerprint density at radius 3 is 3.18 bits per heavy atom. The Kier molecular flexibility index (Phi) is 4.50. The molecule has 0 aromatic rings. The molecule has 1 atom stereocenters. The Labute approximate surface area is 68.1 Å². The number of rotatable bonds is 5. The summed E-state index contributed by atoms with van der Waals surface area (Å²) >= 11 is 0. The van der Waals surface area contributed by atoms with Crippen LogP contribution in [-0.4, -0.2) is 39.5 Å². The van der Waals surface area contributed by atoms with Gasteiger partial charge in [0.2, 0.25) is 0 Å². The first-order chi connectivity index (χ1) is 5.43. The van der Waals surface area contributed by atoms with Crippen LogP contribution in [0.5, 0.6) is 0 Å². The molecule has 0 aromatic heterocycles. The van der Waals surface area contributed by atoms with Gasteiger partial charge in [-0.2, -0.15) is 0 Å². The van der Waals surface area contributed by atoms with Crippen molar-refractivity contribution < 1.29 is 9.47 Å². The SMILES string of the molecule is COCCNC[C@@H]1CCCO1. The lowest BCUT2D eigenvalue weighted by Crippen LogP contribution is -2.28. The second kappa shape index (κ2) is 5.52. The summed E-state index contributed by atoms with van der Waals surface area (Å²) in [5, 5.41) is 3.28. The molecule has 0 aliphatic carbocycles. The fourth-order valence-corrected chi connectivity index (χ4v) is 1.24. The smallest absolute Gasteiger partial charge is 0.0700 e. The van der Waals surface area contributed by atoms with Crippen molar-refractivity contribution in [1.82, 2.24) is 5.32 Å². The zero-order valence-corrected chi connectivity index (χ0v) is 7.14. The molecule has 1 aliphatic heterocycles. The lowest BCUT2D eigenvalue weighted by Gasteiger charge is -2.09. The van der Waals surface area contributed by atoms with E-state index in [1.807, 2.05) is 0 Å². The summed E-state index contributed by atoms with van der Waals surface area (Å²) < 4.78 is 10.3. The van der Waals surface area contributed by atoms with Crippen molar-refractivity contribution in [2.75, 3.05) is 33.4 Å². The Hall–Kier alpha value is -0.120. The summed E-state index contributed by atoms with van der Waals surface area (Å²) in [7, 11) is 1.72. The van der Waals surface area contributed by atoms with E-state index in [4.69, 9.17) is 9.47 Å². The van der Waals surface area contributed by atoms with Crippen molar-refractivity contribution in [2.45, 2.75) is 18.9 Å². The molecular formula is C8H17NO2. The van der Waals surface area contributed by atoms with Crippen LogP contribution >= 0.6 is 0 Å². The van der Waals surface area contributed by atoms with Crippen LogP contribution in [0, 0.1) is 0 Å². The van der Waals surface area contributed by atoms with Gasteiger partial charge in [0.25, 0.3) is 0 Å². The highest BCUT2D eigenvalue weighted by molar-refractivity contribution is 4.66. The number of nitrogens with one attached hydrogen (secondary N) is 1. The molecule has 0 amide bonds. The van der Waals surface area contributed by atoms with Crippen molar-refractivity contribution in [3.63, 3.8) is 0 Å². The molecule has 0 bridgehead atoms. The Bertz CT molecular complexity index is 92.1. The van der Waals surface area contributed by atoms with Crippen molar-refractivity contribution in [1.29, 1.82) is 0 Å². The average Bonchev–Trinajstić information content (AvgIpc) is 2.50. The zero-order valence-electron chi connectivity index (χ0n) is 7.14. The quantitative estimate of drug-likeness (QED) is 0.589. The van der Waals surface area contributed by atoms with Crippen LogP contribution in [0.1, 0.15) is 12.8 Å². The monoisotopic (exact) mass is 159 g/mol. The summed E-state index contributed by atoms with van der Waals surface area (Å²) in [6, 6.07) is 0. The molecule has 1 N–H and O–H groups in total. The lowest BCUT2D eigenvalue weighted by atomic mass is 10.2. The average molecular weight is 159 g/mol. The first kappa shape index (κ1) is 8.97. The number of methoxy groups -OCH3 is 1. The molecule has 66 valence electrons. The highest BCUT2D eigenvalue weighted by Crippen LogP contribution is 2.10. The minimum Gasteiger partial charge on any atom is -0.383 e. The van der Waals surface area contributed by atoms with Crippen LogP contribution in [0.2, 0.25) is 0 Å². The topological polar surface area (TPSA) is 30.5 Å². The van der Waals surface area contributed by atoms with Gasteiger partial charge in [-0.05, 0) is 12.8 Å². The molecule has 1 saturated heterocycles. The molecule has 0 unspecified atom stereocenters. The second-order valence-electron chi connectivity index (χ2n) is 2.83. The minimum absolute atomic E-state index is 0.451. The van der Waals surface area contributed by atoms with Gasteiger partial charge in [0.15, 0.2) is 0 Å². The zero-order chi connectivity index (χ0) is 7.94. The predicted molar refractivity (Wildman–Crippen MR) is 43.7 cm³/mol. The van der Waals surface area contributed by atoms with Crippen LogP contribution in [0.4, 0.5) is 0 Å². The maximum absolute atomic E-state index is 5.43. The molecule has 0 radical (unpaired) electrons. The minimum atomic E-state index is 0.451. The van der Waals surface area contributed by atoms with Gasteiger partial charge in [0.05, 0.1) is 12.7 Å². The standard InChI is InChI=1S/C8H17NO2/c1-10-6-4-9-7-8-3-2-5-11-8/h8-9H,2-7H2,1H3/t8-/m0/s1. The summed E-state index contributed by atoms with van der Waals surface area (Å²) in [5.74, 6) is 0. The molecule has 1 rings (SSSR count). The third kappa shape index (κ3) is 3.70. The van der Waals surface area contributed by atoms with Crippen LogP contribution in [0.25, 0.3) is 0 Å². The first-order valence-electron chi connectivity index (χ1n) is 4.24. The third-order valence-corrected chi connectivity index (χ3v) is 1.88. The summed E-state index contributed by atoms with van der Waals surface area (Å²) in [5.41, 5.74) is 0. The van der Waals surface area contributed by atoms with Gasteiger partial charge in [-0.15, -0.1) is 0 Å². The van der Waals surface area contributed by atoms with E-state index in [1.54, 1.807) is 7.11 Å². The van der Waals surface area contributed by atoms with Crippen LogP contribution in [0.15, 0.2) is 0 Å². The second-order valence-corrected chi connectivity index (χ2v) is 2.83. The Morgan fingerprint density at radius 2 is 2.55 bits per heavy atom. The first-order valence-corrected chi connectivity index (χ1v) is 4.24. The fraction of sp³-hybridized carbons (Fsp3) is 1.00. The van der Waals surface area contributed by atoms with Crippen molar-refractivity contribution in [2.24, 2.45) is 0 Å². The largest absolute Gasteiger partial charge is 0.383 e. The molecule has 1 heterocycles. The van der Waals surface area contributed by atoms with E-state index in [0.29, 0.717) is 6.10 Å². The maximum Gasteiger partial charge on any atom is 0.0700 e. The Balaban J connectivity index is 1.86. The molecule has 11 heavy (non-hydrogen) atoms. The molecule has 3 nitrogen and oxygen atoms in total. The highest BCUT2D eigenvalue weighted by Gasteiger charge is 2.13. The van der Waals surface area contributed by atoms with E-state index in [9.17, 15) is 0 Å². The summed E-state index contributed by atoms with van der Waals surface area (Å²) in [6.45, 7) is 3.63. The number of hydrogen-bond acceptors (Lipinski definition) is 3. The third-order valence-electron chi connectivity index (χ3n) is 1.88. The molecular weight excluding hydrogens is 142 g/mol. The normalized spacial score (nSPS) is 24.3. The molecule has 0 saturated carbocycles. The van der Waals surface area contributed by atoms with Gasteiger partial charge < -0.3 is 14.8 Å². The maximum atomic E-state index is 5.43. The van der Waals surface area contributed by atoms with Crippen molar-refractivity contribution in [3.05, 3.63) is 0 Å². The van der Waals surface area contributed by atoms with E-state index >= 15 is 0 Å². The van der Waals surface area contributed by atoms with E-state index in [0.717, 1.165) is 26.3 Å². The molecule has 0 aromatic carbocycles. The van der Waals surface area contributed by atoms with Crippen molar-refractivity contribution >= 4 is 0 Å². The predicted octanol–water partition coefficient (Wildman–Crippen LogP) is 0.401. The van der Waals surface area contributed by atoms with Crippen LogP contribution < -0.4 is 5.32 Å². The highest BCUT2D eigenvalue weighted by atomic mass is 16.5. The van der Waals surface area contributed by atoms with Gasteiger partial charge in [-0.1, -0.05) is 0 Å².